The number of pyridine rings is 1. The summed E-state index contributed by atoms with van der Waals surface area (Å²) >= 11 is 12.7. The molecule has 1 amide bonds. The minimum Gasteiger partial charge on any atom is -0.465 e. The number of nitrogens with one attached hydrogen (secondary N) is 1. The molecule has 2 aromatic heterocycles. The number of hydrogen-bond acceptors (Lipinski definition) is 9. The molecule has 2 aromatic carbocycles. The van der Waals surface area contributed by atoms with E-state index < -0.39 is 21.9 Å². The summed E-state index contributed by atoms with van der Waals surface area (Å²) in [5.41, 5.74) is 2.20. The standard InChI is InChI=1S/C28H24Cl2N6O5S/c1-41-27(38)19-16-32-28(33-17-19)35-10-12-36(13-11-35)42(39,40)25-8-5-18(14-23(25)30)26(37)34-20-6-7-22(29)21(15-20)24-4-2-3-9-31-24/h2-9,14-17H,10-13H2,1H3,(H,34,37). The van der Waals surface area contributed by atoms with Crippen molar-refractivity contribution in [3.8, 4) is 11.3 Å². The number of ether oxygens (including phenoxy) is 1. The van der Waals surface area contributed by atoms with E-state index in [1.54, 1.807) is 30.5 Å². The van der Waals surface area contributed by atoms with Crippen LogP contribution in [0.1, 0.15) is 20.7 Å². The number of methoxy groups -OCH3 is 1. The smallest absolute Gasteiger partial charge is 0.341 e. The van der Waals surface area contributed by atoms with Gasteiger partial charge < -0.3 is 15.0 Å². The Morgan fingerprint density at radius 3 is 2.26 bits per heavy atom. The first kappa shape index (κ1) is 29.4. The largest absolute Gasteiger partial charge is 0.465 e. The van der Waals surface area contributed by atoms with Crippen LogP contribution in [0.3, 0.4) is 0 Å². The number of hydrogen-bond donors (Lipinski definition) is 1. The van der Waals surface area contributed by atoms with E-state index in [9.17, 15) is 18.0 Å². The summed E-state index contributed by atoms with van der Waals surface area (Å²) in [5, 5.41) is 3.20. The number of carbonyl (C=O) groups is 2. The number of carbonyl (C=O) groups excluding carboxylic acids is 2. The molecule has 42 heavy (non-hydrogen) atoms. The van der Waals surface area contributed by atoms with Crippen LogP contribution in [0, 0.1) is 0 Å². The molecule has 11 nitrogen and oxygen atoms in total. The van der Waals surface area contributed by atoms with E-state index in [0.29, 0.717) is 41.0 Å². The summed E-state index contributed by atoms with van der Waals surface area (Å²) in [7, 11) is -2.67. The monoisotopic (exact) mass is 626 g/mol. The topological polar surface area (TPSA) is 135 Å². The third-order valence-electron chi connectivity index (χ3n) is 6.56. The van der Waals surface area contributed by atoms with Crippen LogP contribution in [0.5, 0.6) is 0 Å². The number of sulfonamides is 1. The first-order valence-corrected chi connectivity index (χ1v) is 14.8. The van der Waals surface area contributed by atoms with Crippen molar-refractivity contribution in [1.29, 1.82) is 0 Å². The van der Waals surface area contributed by atoms with Crippen LogP contribution in [0.2, 0.25) is 10.0 Å². The highest BCUT2D eigenvalue weighted by Crippen LogP contribution is 2.30. The molecule has 0 bridgehead atoms. The Bertz CT molecular complexity index is 1730. The van der Waals surface area contributed by atoms with Gasteiger partial charge in [-0.15, -0.1) is 0 Å². The van der Waals surface area contributed by atoms with Gasteiger partial charge in [-0.1, -0.05) is 29.3 Å². The Hall–Kier alpha value is -4.10. The summed E-state index contributed by atoms with van der Waals surface area (Å²) in [6.07, 6.45) is 4.37. The van der Waals surface area contributed by atoms with E-state index >= 15 is 0 Å². The van der Waals surface area contributed by atoms with E-state index in [-0.39, 0.29) is 34.1 Å². The Balaban J connectivity index is 1.25. The van der Waals surface area contributed by atoms with E-state index in [2.05, 4.69) is 25.0 Å². The fraction of sp³-hybridized carbons (Fsp3) is 0.179. The first-order chi connectivity index (χ1) is 20.2. The summed E-state index contributed by atoms with van der Waals surface area (Å²) < 4.78 is 32.8. The van der Waals surface area contributed by atoms with Crippen LogP contribution in [-0.4, -0.2) is 72.8 Å². The molecule has 14 heteroatoms. The van der Waals surface area contributed by atoms with Gasteiger partial charge in [0.05, 0.1) is 28.4 Å². The highest BCUT2D eigenvalue weighted by molar-refractivity contribution is 7.89. The molecule has 1 aliphatic rings. The quantitative estimate of drug-likeness (QED) is 0.296. The van der Waals surface area contributed by atoms with Crippen LogP contribution in [0.15, 0.2) is 78.1 Å². The summed E-state index contributed by atoms with van der Waals surface area (Å²) in [6, 6.07) is 14.5. The Morgan fingerprint density at radius 2 is 1.62 bits per heavy atom. The van der Waals surface area contributed by atoms with E-state index in [4.69, 9.17) is 23.2 Å². The molecule has 1 N–H and O–H groups in total. The maximum absolute atomic E-state index is 13.4. The van der Waals surface area contributed by atoms with Gasteiger partial charge in [0, 0.05) is 61.6 Å². The predicted octanol–water partition coefficient (Wildman–Crippen LogP) is 4.40. The first-order valence-electron chi connectivity index (χ1n) is 12.6. The van der Waals surface area contributed by atoms with Crippen LogP contribution in [0.4, 0.5) is 11.6 Å². The van der Waals surface area contributed by atoms with Crippen molar-refractivity contribution >= 4 is 56.7 Å². The van der Waals surface area contributed by atoms with Gasteiger partial charge in [-0.25, -0.2) is 23.2 Å². The number of halogens is 2. The van der Waals surface area contributed by atoms with Gasteiger partial charge in [-0.2, -0.15) is 4.31 Å². The zero-order chi connectivity index (χ0) is 29.9. The molecule has 0 aliphatic carbocycles. The molecular formula is C28H24Cl2N6O5S. The van der Waals surface area contributed by atoms with Crippen molar-refractivity contribution in [2.24, 2.45) is 0 Å². The summed E-state index contributed by atoms with van der Waals surface area (Å²) in [5.74, 6) is -0.638. The van der Waals surface area contributed by atoms with Crippen LogP contribution < -0.4 is 10.2 Å². The number of aromatic nitrogens is 3. The Labute approximate surface area is 252 Å². The number of anilines is 2. The maximum atomic E-state index is 13.4. The highest BCUT2D eigenvalue weighted by Gasteiger charge is 2.31. The van der Waals surface area contributed by atoms with E-state index in [0.717, 1.165) is 0 Å². The fourth-order valence-corrected chi connectivity index (χ4v) is 6.51. The third-order valence-corrected chi connectivity index (χ3v) is 9.27. The predicted molar refractivity (Wildman–Crippen MR) is 158 cm³/mol. The SMILES string of the molecule is COC(=O)c1cnc(N2CCN(S(=O)(=O)c3ccc(C(=O)Nc4ccc(Cl)c(-c5ccccn5)c4)cc3Cl)CC2)nc1. The number of rotatable bonds is 7. The van der Waals surface area contributed by atoms with Crippen LogP contribution >= 0.6 is 23.2 Å². The fourth-order valence-electron chi connectivity index (χ4n) is 4.35. The molecule has 0 radical (unpaired) electrons. The molecule has 1 fully saturated rings. The van der Waals surface area contributed by atoms with Gasteiger partial charge in [0.15, 0.2) is 0 Å². The molecule has 3 heterocycles. The van der Waals surface area contributed by atoms with Crippen LogP contribution in [0.25, 0.3) is 11.3 Å². The minimum atomic E-state index is -3.94. The summed E-state index contributed by atoms with van der Waals surface area (Å²) in [6.45, 7) is 0.989. The van der Waals surface area contributed by atoms with Crippen molar-refractivity contribution in [2.45, 2.75) is 4.90 Å². The number of piperazine rings is 1. The van der Waals surface area contributed by atoms with E-state index in [1.165, 1.54) is 42.0 Å². The van der Waals surface area contributed by atoms with E-state index in [1.807, 2.05) is 17.0 Å². The van der Waals surface area contributed by atoms with Gasteiger partial charge >= 0.3 is 5.97 Å². The van der Waals surface area contributed by atoms with Crippen molar-refractivity contribution < 1.29 is 22.7 Å². The second kappa shape index (κ2) is 12.4. The maximum Gasteiger partial charge on any atom is 0.341 e. The van der Waals surface area contributed by atoms with Gasteiger partial charge in [0.2, 0.25) is 16.0 Å². The molecular weight excluding hydrogens is 603 g/mol. The zero-order valence-electron chi connectivity index (χ0n) is 22.2. The molecule has 0 spiro atoms. The molecule has 1 aliphatic heterocycles. The average molecular weight is 628 g/mol. The van der Waals surface area contributed by atoms with Crippen molar-refractivity contribution in [3.05, 3.63) is 94.4 Å². The lowest BCUT2D eigenvalue weighted by atomic mass is 10.1. The number of benzene rings is 2. The molecule has 216 valence electrons. The summed E-state index contributed by atoms with van der Waals surface area (Å²) in [4.78, 5) is 39.0. The lowest BCUT2D eigenvalue weighted by Crippen LogP contribution is -2.49. The number of esters is 1. The zero-order valence-corrected chi connectivity index (χ0v) is 24.5. The van der Waals surface area contributed by atoms with Crippen LogP contribution in [-0.2, 0) is 14.8 Å². The lowest BCUT2D eigenvalue weighted by Gasteiger charge is -2.34. The lowest BCUT2D eigenvalue weighted by molar-refractivity contribution is 0.0599. The third kappa shape index (κ3) is 6.21. The number of amides is 1. The van der Waals surface area contributed by atoms with Gasteiger partial charge in [-0.3, -0.25) is 9.78 Å². The molecule has 0 atom stereocenters. The molecule has 4 aromatic rings. The second-order valence-corrected chi connectivity index (χ2v) is 11.9. The minimum absolute atomic E-state index is 0.0721. The van der Waals surface area contributed by atoms with Crippen molar-refractivity contribution in [2.75, 3.05) is 43.5 Å². The molecule has 1 saturated heterocycles. The van der Waals surface area contributed by atoms with Gasteiger partial charge in [0.1, 0.15) is 4.90 Å². The Morgan fingerprint density at radius 1 is 0.881 bits per heavy atom. The van der Waals surface area contributed by atoms with Crippen molar-refractivity contribution in [3.63, 3.8) is 0 Å². The number of nitrogens with zero attached hydrogens (tertiary/aromatic N) is 5. The Kier molecular flexibility index (Phi) is 8.69. The van der Waals surface area contributed by atoms with Crippen molar-refractivity contribution in [1.82, 2.24) is 19.3 Å². The normalized spacial score (nSPS) is 13.9. The molecule has 0 saturated carbocycles. The average Bonchev–Trinajstić information content (AvgIpc) is 3.02. The molecule has 5 rings (SSSR count). The molecule has 0 unspecified atom stereocenters. The van der Waals surface area contributed by atoms with Gasteiger partial charge in [-0.05, 0) is 48.5 Å². The second-order valence-electron chi connectivity index (χ2n) is 9.16. The highest BCUT2D eigenvalue weighted by atomic mass is 35.5. The van der Waals surface area contributed by atoms with Gasteiger partial charge in [0.25, 0.3) is 5.91 Å².